The summed E-state index contributed by atoms with van der Waals surface area (Å²) in [4.78, 5) is 25.0. The van der Waals surface area contributed by atoms with Crippen molar-refractivity contribution in [3.8, 4) is 43.7 Å². The minimum Gasteiger partial charge on any atom is -0.391 e. The number of aromatic nitrogens is 4. The normalized spacial score (nSPS) is 10.7. The van der Waals surface area contributed by atoms with E-state index in [2.05, 4.69) is 15.5 Å². The van der Waals surface area contributed by atoms with Gasteiger partial charge in [0.1, 0.15) is 23.3 Å². The number of benzene rings is 4. The molecule has 8 nitrogen and oxygen atoms in total. The Hall–Kier alpha value is -6.35. The van der Waals surface area contributed by atoms with Crippen molar-refractivity contribution in [2.75, 3.05) is 11.1 Å². The summed E-state index contributed by atoms with van der Waals surface area (Å²) in [7, 11) is 3.62. The highest BCUT2D eigenvalue weighted by Gasteiger charge is 2.18. The number of aryl methyl sites for hydroxylation is 4. The van der Waals surface area contributed by atoms with Crippen LogP contribution in [0.15, 0.2) is 121 Å². The summed E-state index contributed by atoms with van der Waals surface area (Å²) in [6.07, 6.45) is 0. The number of nitrogens with zero attached hydrogens (tertiary/aromatic N) is 4. The van der Waals surface area contributed by atoms with Crippen LogP contribution >= 0.6 is 34.3 Å². The lowest BCUT2D eigenvalue weighted by Gasteiger charge is -2.06. The average molecular weight is 855 g/mol. The van der Waals surface area contributed by atoms with Crippen LogP contribution in [0.4, 0.5) is 27.6 Å². The standard InChI is InChI=1S/C22H17F2N3OS.C14H12FN3S.C8H6ClFO/c1-13-6-5-9-16(24)21(13)22(28)25-20-11-10-19(29-20)18-12-17(26-27(18)2)14-7-3-4-8-15(14)23;1-18-12(13-6-7-14(16)19-13)8-11(17-18)9-4-2-3-5-10(9)15;1-5-3-2-4-6(10)7(5)8(9)11/h3-12H,1-2H3,(H,25,28);2-8H,16H2,1H3;2-4H,1H3. The molecule has 4 aromatic carbocycles. The zero-order valence-corrected chi connectivity index (χ0v) is 34.3. The fourth-order valence-electron chi connectivity index (χ4n) is 6.00. The van der Waals surface area contributed by atoms with Crippen molar-refractivity contribution >= 4 is 55.4 Å². The Morgan fingerprint density at radius 2 is 1.07 bits per heavy atom. The first-order valence-electron chi connectivity index (χ1n) is 17.8. The highest BCUT2D eigenvalue weighted by atomic mass is 35.5. The predicted octanol–water partition coefficient (Wildman–Crippen LogP) is 11.7. The van der Waals surface area contributed by atoms with Gasteiger partial charge in [0, 0.05) is 25.2 Å². The van der Waals surface area contributed by atoms with Crippen LogP contribution < -0.4 is 11.1 Å². The second-order valence-corrected chi connectivity index (χ2v) is 15.5. The molecule has 0 saturated heterocycles. The van der Waals surface area contributed by atoms with Crippen LogP contribution in [0, 0.1) is 37.1 Å². The molecule has 3 N–H and O–H groups in total. The molecule has 0 spiro atoms. The first-order valence-corrected chi connectivity index (χ1v) is 19.8. The van der Waals surface area contributed by atoms with Gasteiger partial charge < -0.3 is 11.1 Å². The molecular formula is C44H35ClF4N6O2S2. The molecule has 0 aliphatic carbocycles. The quantitative estimate of drug-likeness (QED) is 0.123. The van der Waals surface area contributed by atoms with Gasteiger partial charge >= 0.3 is 0 Å². The van der Waals surface area contributed by atoms with Gasteiger partial charge in [0.15, 0.2) is 0 Å². The lowest BCUT2D eigenvalue weighted by atomic mass is 10.1. The highest BCUT2D eigenvalue weighted by molar-refractivity contribution is 7.19. The Kier molecular flexibility index (Phi) is 13.2. The minimum atomic E-state index is -0.749. The van der Waals surface area contributed by atoms with Gasteiger partial charge in [-0.15, -0.1) is 22.7 Å². The molecule has 0 atom stereocenters. The minimum absolute atomic E-state index is 0.0322. The molecule has 1 amide bonds. The summed E-state index contributed by atoms with van der Waals surface area (Å²) in [5.41, 5.74) is 10.7. The van der Waals surface area contributed by atoms with Crippen LogP contribution in [0.2, 0.25) is 0 Å². The zero-order valence-electron chi connectivity index (χ0n) is 31.9. The molecule has 15 heteroatoms. The molecule has 0 bridgehead atoms. The molecule has 0 radical (unpaired) electrons. The van der Waals surface area contributed by atoms with E-state index in [1.165, 1.54) is 53.0 Å². The van der Waals surface area contributed by atoms with Crippen molar-refractivity contribution in [2.24, 2.45) is 14.1 Å². The Morgan fingerprint density at radius 1 is 0.610 bits per heavy atom. The summed E-state index contributed by atoms with van der Waals surface area (Å²) in [6, 6.07) is 33.1. The molecule has 4 aromatic heterocycles. The first kappa shape index (κ1) is 42.3. The molecule has 59 heavy (non-hydrogen) atoms. The van der Waals surface area contributed by atoms with Crippen LogP contribution in [-0.2, 0) is 14.1 Å². The summed E-state index contributed by atoms with van der Waals surface area (Å²) < 4.78 is 58.1. The molecule has 0 saturated carbocycles. The van der Waals surface area contributed by atoms with E-state index in [0.717, 1.165) is 26.1 Å². The molecule has 0 fully saturated rings. The number of nitrogens with one attached hydrogen (secondary N) is 1. The van der Waals surface area contributed by atoms with Crippen molar-refractivity contribution in [3.63, 3.8) is 0 Å². The van der Waals surface area contributed by atoms with Gasteiger partial charge in [-0.3, -0.25) is 19.0 Å². The molecule has 300 valence electrons. The van der Waals surface area contributed by atoms with Crippen LogP contribution in [0.3, 0.4) is 0 Å². The number of anilines is 2. The Bertz CT molecular complexity index is 2750. The van der Waals surface area contributed by atoms with Gasteiger partial charge in [-0.05, 0) is 109 Å². The number of nitrogens with two attached hydrogens (primary N) is 1. The zero-order chi connectivity index (χ0) is 42.4. The number of thiophene rings is 2. The van der Waals surface area contributed by atoms with Crippen LogP contribution in [0.5, 0.6) is 0 Å². The third kappa shape index (κ3) is 9.86. The second-order valence-electron chi connectivity index (χ2n) is 13.0. The van der Waals surface area contributed by atoms with Gasteiger partial charge in [0.05, 0.1) is 53.7 Å². The van der Waals surface area contributed by atoms with Crippen LogP contribution in [-0.4, -0.2) is 30.7 Å². The summed E-state index contributed by atoms with van der Waals surface area (Å²) in [5.74, 6) is -2.22. The third-order valence-electron chi connectivity index (χ3n) is 8.90. The van der Waals surface area contributed by atoms with E-state index >= 15 is 0 Å². The van der Waals surface area contributed by atoms with Crippen molar-refractivity contribution in [2.45, 2.75) is 13.8 Å². The topological polar surface area (TPSA) is 108 Å². The van der Waals surface area contributed by atoms with Crippen LogP contribution in [0.25, 0.3) is 43.7 Å². The van der Waals surface area contributed by atoms with Gasteiger partial charge in [-0.1, -0.05) is 48.5 Å². The summed E-state index contributed by atoms with van der Waals surface area (Å²) in [5, 5.41) is 12.1. The lowest BCUT2D eigenvalue weighted by molar-refractivity contribution is 0.102. The van der Waals surface area contributed by atoms with Crippen LogP contribution in [0.1, 0.15) is 31.8 Å². The monoisotopic (exact) mass is 854 g/mol. The molecular weight excluding hydrogens is 820 g/mol. The smallest absolute Gasteiger partial charge is 0.259 e. The fraction of sp³-hybridized carbons (Fsp3) is 0.0909. The summed E-state index contributed by atoms with van der Waals surface area (Å²) in [6.45, 7) is 3.33. The Balaban J connectivity index is 0.000000166. The van der Waals surface area contributed by atoms with Crippen molar-refractivity contribution in [1.82, 2.24) is 19.6 Å². The average Bonchev–Trinajstić information content (AvgIpc) is 4.00. The van der Waals surface area contributed by atoms with Gasteiger partial charge in [0.25, 0.3) is 11.1 Å². The van der Waals surface area contributed by atoms with Crippen molar-refractivity contribution < 1.29 is 27.2 Å². The van der Waals surface area contributed by atoms with Gasteiger partial charge in [-0.25, -0.2) is 17.6 Å². The SMILES string of the molecule is Cc1cccc(F)c1C(=O)Cl.Cc1cccc(F)c1C(=O)Nc1ccc(-c2cc(-c3ccccc3F)nn2C)s1.Cn1nc(-c2ccccc2F)cc1-c1ccc(N)s1. The van der Waals surface area contributed by atoms with E-state index in [0.29, 0.717) is 38.6 Å². The number of hydrogen-bond acceptors (Lipinski definition) is 7. The van der Waals surface area contributed by atoms with Gasteiger partial charge in [-0.2, -0.15) is 10.2 Å². The van der Waals surface area contributed by atoms with E-state index in [9.17, 15) is 27.2 Å². The van der Waals surface area contributed by atoms with E-state index in [1.807, 2.05) is 31.3 Å². The maximum atomic E-state index is 14.1. The van der Waals surface area contributed by atoms with Crippen molar-refractivity contribution in [1.29, 1.82) is 0 Å². The molecule has 0 aliphatic rings. The fourth-order valence-corrected chi connectivity index (χ4v) is 8.01. The number of amides is 1. The number of rotatable bonds is 7. The molecule has 4 heterocycles. The Morgan fingerprint density at radius 3 is 1.51 bits per heavy atom. The predicted molar refractivity (Wildman–Crippen MR) is 229 cm³/mol. The van der Waals surface area contributed by atoms with E-state index in [1.54, 1.807) is 97.0 Å². The van der Waals surface area contributed by atoms with Gasteiger partial charge in [0.2, 0.25) is 0 Å². The number of halogens is 5. The molecule has 0 unspecified atom stereocenters. The Labute approximate surface area is 350 Å². The number of carbonyl (C=O) groups is 2. The third-order valence-corrected chi connectivity index (χ3v) is 11.1. The number of carbonyl (C=O) groups excluding carboxylic acids is 2. The molecule has 0 aliphatic heterocycles. The van der Waals surface area contributed by atoms with E-state index < -0.39 is 22.8 Å². The molecule has 8 aromatic rings. The number of nitrogen functional groups attached to an aromatic ring is 1. The van der Waals surface area contributed by atoms with E-state index in [4.69, 9.17) is 17.3 Å². The summed E-state index contributed by atoms with van der Waals surface area (Å²) >= 11 is 7.96. The number of hydrogen-bond donors (Lipinski definition) is 2. The largest absolute Gasteiger partial charge is 0.391 e. The maximum Gasteiger partial charge on any atom is 0.259 e. The lowest BCUT2D eigenvalue weighted by Crippen LogP contribution is -2.14. The van der Waals surface area contributed by atoms with Crippen molar-refractivity contribution in [3.05, 3.63) is 167 Å². The molecule has 8 rings (SSSR count). The van der Waals surface area contributed by atoms with E-state index in [-0.39, 0.29) is 22.8 Å². The first-order chi connectivity index (χ1) is 28.2. The highest BCUT2D eigenvalue weighted by Crippen LogP contribution is 2.35. The maximum absolute atomic E-state index is 14.1. The second kappa shape index (κ2) is 18.5.